The van der Waals surface area contributed by atoms with E-state index in [-0.39, 0.29) is 12.6 Å². The van der Waals surface area contributed by atoms with E-state index in [0.717, 1.165) is 22.0 Å². The number of rotatable bonds is 11. The fraction of sp³-hybridized carbons (Fsp3) is 0.487. The van der Waals surface area contributed by atoms with Gasteiger partial charge in [0.25, 0.3) is 0 Å². The van der Waals surface area contributed by atoms with E-state index in [1.807, 2.05) is 60.5 Å². The number of benzene rings is 2. The van der Waals surface area contributed by atoms with Gasteiger partial charge in [0.15, 0.2) is 6.10 Å². The molecule has 14 heteroatoms. The van der Waals surface area contributed by atoms with Crippen molar-refractivity contribution < 1.29 is 43.2 Å². The van der Waals surface area contributed by atoms with E-state index in [4.69, 9.17) is 18.9 Å². The molecule has 3 aliphatic heterocycles. The van der Waals surface area contributed by atoms with E-state index in [0.29, 0.717) is 49.5 Å². The lowest BCUT2D eigenvalue weighted by Crippen LogP contribution is -2.81. The molecule has 3 aromatic rings. The van der Waals surface area contributed by atoms with Crippen molar-refractivity contribution in [1.29, 1.82) is 0 Å². The third-order valence-corrected chi connectivity index (χ3v) is 12.1. The summed E-state index contributed by atoms with van der Waals surface area (Å²) < 4.78 is 22.2. The van der Waals surface area contributed by atoms with Crippen LogP contribution in [0.25, 0.3) is 10.9 Å². The predicted molar refractivity (Wildman–Crippen MR) is 196 cm³/mol. The maximum absolute atomic E-state index is 14.0. The Morgan fingerprint density at radius 3 is 2.57 bits per heavy atom. The summed E-state index contributed by atoms with van der Waals surface area (Å²) in [5.74, 6) is -2.06. The Hall–Kier alpha value is -4.92. The van der Waals surface area contributed by atoms with Crippen molar-refractivity contribution in [3.63, 3.8) is 0 Å². The third kappa shape index (κ3) is 5.32. The number of methoxy groups -OCH3 is 3. The van der Waals surface area contributed by atoms with Gasteiger partial charge in [-0.1, -0.05) is 37.3 Å². The summed E-state index contributed by atoms with van der Waals surface area (Å²) >= 11 is 0. The number of amides is 1. The van der Waals surface area contributed by atoms with Crippen molar-refractivity contribution in [2.24, 2.45) is 5.41 Å². The van der Waals surface area contributed by atoms with Crippen molar-refractivity contribution in [2.45, 2.75) is 68.4 Å². The summed E-state index contributed by atoms with van der Waals surface area (Å²) in [6.07, 6.45) is 5.95. The van der Waals surface area contributed by atoms with Crippen LogP contribution in [-0.4, -0.2) is 117 Å². The Bertz CT molecular complexity index is 2000. The first kappa shape index (κ1) is 36.4. The van der Waals surface area contributed by atoms with Crippen molar-refractivity contribution in [3.05, 3.63) is 65.9 Å². The fourth-order valence-corrected chi connectivity index (χ4v) is 10.2. The lowest BCUT2D eigenvalue weighted by atomic mass is 9.47. The molecule has 282 valence electrons. The van der Waals surface area contributed by atoms with Gasteiger partial charge in [0.05, 0.1) is 39.6 Å². The van der Waals surface area contributed by atoms with Crippen molar-refractivity contribution in [2.75, 3.05) is 58.2 Å². The number of aliphatic hydroxyl groups is 1. The second-order valence-electron chi connectivity index (χ2n) is 14.5. The zero-order valence-corrected chi connectivity index (χ0v) is 30.9. The summed E-state index contributed by atoms with van der Waals surface area (Å²) in [6, 6.07) is 9.47. The van der Waals surface area contributed by atoms with Crippen LogP contribution in [0.5, 0.6) is 5.75 Å². The number of likely N-dealkylation sites (N-methyl/N-ethyl adjacent to an activating group) is 1. The Balaban J connectivity index is 1.25. The molecule has 7 rings (SSSR count). The molecule has 4 heterocycles. The summed E-state index contributed by atoms with van der Waals surface area (Å²) in [5.41, 5.74) is -0.313. The maximum atomic E-state index is 14.0. The largest absolute Gasteiger partial charge is 0.494 e. The number of aromatic amines is 1. The molecule has 1 amide bonds. The summed E-state index contributed by atoms with van der Waals surface area (Å²) in [4.78, 5) is 60.6. The summed E-state index contributed by atoms with van der Waals surface area (Å²) in [6.45, 7) is 4.35. The molecule has 1 aliphatic carbocycles. The van der Waals surface area contributed by atoms with E-state index in [1.165, 1.54) is 28.3 Å². The second-order valence-corrected chi connectivity index (χ2v) is 14.5. The number of H-pyrrole nitrogens is 1. The highest BCUT2D eigenvalue weighted by atomic mass is 16.6. The van der Waals surface area contributed by atoms with Gasteiger partial charge in [0.2, 0.25) is 11.5 Å². The lowest BCUT2D eigenvalue weighted by Gasteiger charge is -2.63. The normalized spacial score (nSPS) is 28.8. The van der Waals surface area contributed by atoms with Crippen LogP contribution in [-0.2, 0) is 45.2 Å². The van der Waals surface area contributed by atoms with Crippen LogP contribution in [0.4, 0.5) is 11.4 Å². The molecule has 1 spiro atoms. The van der Waals surface area contributed by atoms with Gasteiger partial charge in [-0.3, -0.25) is 24.6 Å². The van der Waals surface area contributed by atoms with Crippen LogP contribution in [0.2, 0.25) is 0 Å². The van der Waals surface area contributed by atoms with Gasteiger partial charge in [-0.05, 0) is 42.6 Å². The van der Waals surface area contributed by atoms with Crippen LogP contribution in [0.1, 0.15) is 37.8 Å². The number of fused-ring (bicyclic) bond motifs is 2. The SMILES string of the molecule is CC[C@]12C=CCN3CC[C@@]4(c5cc(NC(=O)CN[C@@H](Cc6c[nH]c7ccccc67)C(=O)OC)c(OC)cc5N(C)[C@H]4[C@@](O)(C(=O)OC)[C@@H]1OC(C)=O)[C@@H]32. The minimum absolute atomic E-state index is 0.206. The topological polar surface area (TPSA) is 172 Å². The second kappa shape index (κ2) is 13.5. The number of para-hydroxylation sites is 1. The van der Waals surface area contributed by atoms with Gasteiger partial charge in [-0.2, -0.15) is 0 Å². The van der Waals surface area contributed by atoms with Crippen LogP contribution < -0.4 is 20.3 Å². The number of carbonyl (C=O) groups is 4. The van der Waals surface area contributed by atoms with Crippen LogP contribution in [0.3, 0.4) is 0 Å². The first-order valence-electron chi connectivity index (χ1n) is 17.9. The Morgan fingerprint density at radius 2 is 1.87 bits per heavy atom. The maximum Gasteiger partial charge on any atom is 0.344 e. The Labute approximate surface area is 307 Å². The van der Waals surface area contributed by atoms with E-state index in [9.17, 15) is 24.3 Å². The monoisotopic (exact) mass is 729 g/mol. The van der Waals surface area contributed by atoms with Crippen molar-refractivity contribution in [3.8, 4) is 5.75 Å². The van der Waals surface area contributed by atoms with Gasteiger partial charge in [-0.25, -0.2) is 4.79 Å². The molecule has 4 aliphatic rings. The van der Waals surface area contributed by atoms with Gasteiger partial charge in [0.1, 0.15) is 11.8 Å². The van der Waals surface area contributed by atoms with Gasteiger partial charge >= 0.3 is 17.9 Å². The zero-order chi connectivity index (χ0) is 37.9. The first-order chi connectivity index (χ1) is 25.4. The minimum Gasteiger partial charge on any atom is -0.494 e. The molecule has 1 saturated carbocycles. The Kier molecular flexibility index (Phi) is 9.28. The van der Waals surface area contributed by atoms with Gasteiger partial charge in [0, 0.05) is 72.7 Å². The van der Waals surface area contributed by atoms with Gasteiger partial charge in [-0.15, -0.1) is 0 Å². The minimum atomic E-state index is -2.27. The van der Waals surface area contributed by atoms with Crippen LogP contribution in [0.15, 0.2) is 54.7 Å². The molecule has 7 atom stereocenters. The van der Waals surface area contributed by atoms with E-state index in [1.54, 1.807) is 13.1 Å². The molecular weight excluding hydrogens is 682 g/mol. The molecule has 0 bridgehead atoms. The highest BCUT2D eigenvalue weighted by molar-refractivity contribution is 5.96. The van der Waals surface area contributed by atoms with Gasteiger partial charge < -0.3 is 39.3 Å². The molecule has 4 N–H and O–H groups in total. The Morgan fingerprint density at radius 1 is 1.09 bits per heavy atom. The van der Waals surface area contributed by atoms with Crippen molar-refractivity contribution in [1.82, 2.24) is 15.2 Å². The average Bonchev–Trinajstić information content (AvgIpc) is 3.83. The van der Waals surface area contributed by atoms with E-state index < -0.39 is 58.4 Å². The number of anilines is 2. The fourth-order valence-electron chi connectivity index (χ4n) is 10.2. The number of aromatic nitrogens is 1. The highest BCUT2D eigenvalue weighted by Gasteiger charge is 2.80. The van der Waals surface area contributed by atoms with E-state index >= 15 is 0 Å². The molecule has 0 unspecified atom stereocenters. The number of ether oxygens (including phenoxy) is 4. The predicted octanol–water partition coefficient (Wildman–Crippen LogP) is 2.44. The standard InChI is InChI=1S/C39H47N5O9/c1-7-37-13-10-15-44-16-14-38(33(37)44)25-18-27(30(50-4)19-29(25)43(3)34(38)39(49,36(48)52-6)35(37)53-22(2)45)42-31(46)21-41-28(32(47)51-5)17-23-20-40-26-12-9-8-11-24(23)26/h8-13,18-20,28,33-35,40-41,49H,7,14-17,21H2,1-6H3,(H,42,46)/t28-,33-,34+,35+,37+,38+,39-/m0/s1. The van der Waals surface area contributed by atoms with Crippen molar-refractivity contribution >= 4 is 46.1 Å². The molecular formula is C39H47N5O9. The van der Waals surface area contributed by atoms with Crippen LogP contribution >= 0.6 is 0 Å². The molecule has 2 fully saturated rings. The molecule has 0 radical (unpaired) electrons. The molecule has 2 aromatic carbocycles. The highest BCUT2D eigenvalue weighted by Crippen LogP contribution is 2.67. The molecule has 53 heavy (non-hydrogen) atoms. The zero-order valence-electron chi connectivity index (χ0n) is 30.9. The number of hydrogen-bond donors (Lipinski definition) is 4. The number of nitrogens with one attached hydrogen (secondary N) is 3. The third-order valence-electron chi connectivity index (χ3n) is 12.1. The number of hydrogen-bond acceptors (Lipinski definition) is 12. The quantitative estimate of drug-likeness (QED) is 0.129. The van der Waals surface area contributed by atoms with E-state index in [2.05, 4.69) is 20.5 Å². The molecule has 1 saturated heterocycles. The smallest absolute Gasteiger partial charge is 0.344 e. The summed E-state index contributed by atoms with van der Waals surface area (Å²) in [5, 5.41) is 19.9. The average molecular weight is 730 g/mol. The number of nitrogens with zero attached hydrogens (tertiary/aromatic N) is 2. The first-order valence-corrected chi connectivity index (χ1v) is 17.9. The number of esters is 3. The molecule has 1 aromatic heterocycles. The molecule has 14 nitrogen and oxygen atoms in total. The number of carbonyl (C=O) groups excluding carboxylic acids is 4. The van der Waals surface area contributed by atoms with Crippen LogP contribution in [0, 0.1) is 5.41 Å². The summed E-state index contributed by atoms with van der Waals surface area (Å²) in [7, 11) is 5.83. The lowest BCUT2D eigenvalue weighted by molar-refractivity contribution is -0.228.